The zero-order valence-electron chi connectivity index (χ0n) is 17.6. The summed E-state index contributed by atoms with van der Waals surface area (Å²) in [5, 5.41) is 3.52. The summed E-state index contributed by atoms with van der Waals surface area (Å²) in [6, 6.07) is 7.78. The Balaban J connectivity index is 1.66. The first-order valence-corrected chi connectivity index (χ1v) is 11.0. The van der Waals surface area contributed by atoms with Crippen molar-refractivity contribution in [3.05, 3.63) is 69.5 Å². The number of rotatable bonds is 8. The molecule has 2 aliphatic carbocycles. The number of halogens is 1. The predicted molar refractivity (Wildman–Crippen MR) is 118 cm³/mol. The molecule has 0 spiro atoms. The molecule has 2 fully saturated rings. The van der Waals surface area contributed by atoms with Gasteiger partial charge in [0.1, 0.15) is 5.82 Å². The summed E-state index contributed by atoms with van der Waals surface area (Å²) in [4.78, 5) is 40.1. The zero-order valence-corrected chi connectivity index (χ0v) is 17.6. The third-order valence-electron chi connectivity index (χ3n) is 6.40. The van der Waals surface area contributed by atoms with Crippen molar-refractivity contribution in [1.82, 2.24) is 14.9 Å². The van der Waals surface area contributed by atoms with Gasteiger partial charge >= 0.3 is 0 Å². The van der Waals surface area contributed by atoms with Crippen LogP contribution < -0.4 is 16.6 Å². The Kier molecular flexibility index (Phi) is 5.07. The third-order valence-corrected chi connectivity index (χ3v) is 6.40. The lowest BCUT2D eigenvalue weighted by molar-refractivity contribution is -0.121. The normalized spacial score (nSPS) is 16.8. The van der Waals surface area contributed by atoms with Gasteiger partial charge in [0.2, 0.25) is 11.5 Å². The highest BCUT2D eigenvalue weighted by molar-refractivity contribution is 6.08. The summed E-state index contributed by atoms with van der Waals surface area (Å²) in [6.07, 6.45) is 5.77. The molecule has 0 radical (unpaired) electrons. The molecule has 0 saturated heterocycles. The molecule has 3 aromatic rings. The fourth-order valence-electron chi connectivity index (χ4n) is 4.58. The van der Waals surface area contributed by atoms with Crippen molar-refractivity contribution in [2.24, 2.45) is 11.7 Å². The highest BCUT2D eigenvalue weighted by Gasteiger charge is 2.39. The van der Waals surface area contributed by atoms with E-state index in [1.165, 1.54) is 18.2 Å². The Morgan fingerprint density at radius 2 is 1.91 bits per heavy atom. The Morgan fingerprint density at radius 1 is 1.19 bits per heavy atom. The van der Waals surface area contributed by atoms with Crippen LogP contribution in [0.5, 0.6) is 0 Å². The lowest BCUT2D eigenvalue weighted by Gasteiger charge is -2.21. The number of benzene rings is 1. The average molecular weight is 436 g/mol. The minimum atomic E-state index is -0.623. The Morgan fingerprint density at radius 3 is 2.53 bits per heavy atom. The van der Waals surface area contributed by atoms with Crippen molar-refractivity contribution in [3.63, 3.8) is 0 Å². The molecular formula is C24H25FN4O3. The topological polar surface area (TPSA) is 110 Å². The molecule has 1 atom stereocenters. The van der Waals surface area contributed by atoms with Crippen LogP contribution in [0, 0.1) is 11.7 Å². The number of nitrogens with two attached hydrogens (primary N) is 1. The lowest BCUT2D eigenvalue weighted by atomic mass is 9.91. The van der Waals surface area contributed by atoms with E-state index in [9.17, 15) is 18.8 Å². The molecule has 8 heteroatoms. The van der Waals surface area contributed by atoms with Crippen LogP contribution in [0.25, 0.3) is 10.9 Å². The molecule has 2 amide bonds. The summed E-state index contributed by atoms with van der Waals surface area (Å²) in [5.41, 5.74) is 7.96. The van der Waals surface area contributed by atoms with E-state index in [0.29, 0.717) is 28.7 Å². The van der Waals surface area contributed by atoms with Gasteiger partial charge < -0.3 is 20.6 Å². The molecule has 5 rings (SSSR count). The molecule has 32 heavy (non-hydrogen) atoms. The number of nitrogens with one attached hydrogen (secondary N) is 2. The average Bonchev–Trinajstić information content (AvgIpc) is 3.66. The molecule has 0 aliphatic heterocycles. The second-order valence-electron chi connectivity index (χ2n) is 8.92. The zero-order chi connectivity index (χ0) is 22.4. The van der Waals surface area contributed by atoms with Crippen molar-refractivity contribution >= 4 is 22.7 Å². The van der Waals surface area contributed by atoms with Gasteiger partial charge in [0.15, 0.2) is 0 Å². The van der Waals surface area contributed by atoms with E-state index in [1.807, 2.05) is 4.57 Å². The monoisotopic (exact) mass is 436 g/mol. The van der Waals surface area contributed by atoms with E-state index in [0.717, 1.165) is 31.2 Å². The van der Waals surface area contributed by atoms with Gasteiger partial charge in [-0.1, -0.05) is 12.1 Å². The molecule has 2 saturated carbocycles. The molecule has 4 N–H and O–H groups in total. The first-order chi connectivity index (χ1) is 15.4. The van der Waals surface area contributed by atoms with Crippen molar-refractivity contribution in [1.29, 1.82) is 0 Å². The van der Waals surface area contributed by atoms with Gasteiger partial charge in [-0.05, 0) is 49.3 Å². The first-order valence-electron chi connectivity index (χ1n) is 11.0. The maximum absolute atomic E-state index is 13.5. The standard InChI is InChI=1S/C24H25FN4O3/c25-15-5-1-13(2-6-15)12-29-19-11-27-20(30)10-18(19)22(24(26)32)23(29)17(14-3-4-14)9-21(31)28-16-7-8-16/h1-2,5-6,10-11,14,16-17H,3-4,7-9,12H2,(H2,26,32)(H,27,30)(H,28,31). The largest absolute Gasteiger partial charge is 0.366 e. The smallest absolute Gasteiger partial charge is 0.251 e. The van der Waals surface area contributed by atoms with Gasteiger partial charge in [-0.25, -0.2) is 4.39 Å². The summed E-state index contributed by atoms with van der Waals surface area (Å²) in [5.74, 6) is -0.915. The number of pyridine rings is 1. The number of carbonyl (C=O) groups excluding carboxylic acids is 2. The molecule has 2 aromatic heterocycles. The number of carbonyl (C=O) groups is 2. The van der Waals surface area contributed by atoms with Gasteiger partial charge in [-0.15, -0.1) is 0 Å². The fraction of sp³-hybridized carbons (Fsp3) is 0.375. The highest BCUT2D eigenvalue weighted by Crippen LogP contribution is 2.47. The van der Waals surface area contributed by atoms with Crippen molar-refractivity contribution in [2.75, 3.05) is 0 Å². The molecular weight excluding hydrogens is 411 g/mol. The van der Waals surface area contributed by atoms with Crippen LogP contribution in [0.15, 0.2) is 41.3 Å². The summed E-state index contributed by atoms with van der Waals surface area (Å²) in [6.45, 7) is 0.360. The molecule has 7 nitrogen and oxygen atoms in total. The minimum Gasteiger partial charge on any atom is -0.366 e. The van der Waals surface area contributed by atoms with E-state index >= 15 is 0 Å². The van der Waals surface area contributed by atoms with Crippen LogP contribution >= 0.6 is 0 Å². The van der Waals surface area contributed by atoms with Gasteiger partial charge in [-0.2, -0.15) is 0 Å². The number of aromatic amines is 1. The van der Waals surface area contributed by atoms with E-state index < -0.39 is 5.91 Å². The van der Waals surface area contributed by atoms with Crippen molar-refractivity contribution < 1.29 is 14.0 Å². The van der Waals surface area contributed by atoms with Gasteiger partial charge in [-0.3, -0.25) is 14.4 Å². The number of amides is 2. The fourth-order valence-corrected chi connectivity index (χ4v) is 4.58. The summed E-state index contributed by atoms with van der Waals surface area (Å²) < 4.78 is 15.4. The van der Waals surface area contributed by atoms with E-state index in [-0.39, 0.29) is 41.6 Å². The number of hydrogen-bond acceptors (Lipinski definition) is 3. The maximum atomic E-state index is 13.5. The number of nitrogens with zero attached hydrogens (tertiary/aromatic N) is 1. The minimum absolute atomic E-state index is 0.0329. The second-order valence-corrected chi connectivity index (χ2v) is 8.92. The SMILES string of the molecule is NC(=O)c1c(C(CC(=O)NC2CC2)C2CC2)n(Cc2ccc(F)cc2)c2c[nH]c(=O)cc12. The van der Waals surface area contributed by atoms with Crippen LogP contribution in [0.1, 0.15) is 59.6 Å². The Hall–Kier alpha value is -3.42. The number of aromatic nitrogens is 2. The van der Waals surface area contributed by atoms with Crippen molar-refractivity contribution in [3.8, 4) is 0 Å². The number of fused-ring (bicyclic) bond motifs is 1. The molecule has 2 aliphatic rings. The van der Waals surface area contributed by atoms with Gasteiger partial charge in [0, 0.05) is 48.3 Å². The van der Waals surface area contributed by atoms with E-state index in [4.69, 9.17) is 5.73 Å². The van der Waals surface area contributed by atoms with Crippen LogP contribution in [-0.4, -0.2) is 27.4 Å². The van der Waals surface area contributed by atoms with E-state index in [2.05, 4.69) is 10.3 Å². The second kappa shape index (κ2) is 7.93. The van der Waals surface area contributed by atoms with Crippen LogP contribution in [0.4, 0.5) is 4.39 Å². The van der Waals surface area contributed by atoms with E-state index in [1.54, 1.807) is 18.3 Å². The van der Waals surface area contributed by atoms with Crippen LogP contribution in [-0.2, 0) is 11.3 Å². The van der Waals surface area contributed by atoms with Crippen LogP contribution in [0.2, 0.25) is 0 Å². The number of primary amides is 1. The molecule has 1 unspecified atom stereocenters. The first kappa shape index (κ1) is 20.5. The Bertz CT molecular complexity index is 1250. The van der Waals surface area contributed by atoms with Crippen molar-refractivity contribution in [2.45, 2.75) is 50.6 Å². The maximum Gasteiger partial charge on any atom is 0.251 e. The lowest BCUT2D eigenvalue weighted by Crippen LogP contribution is -2.29. The highest BCUT2D eigenvalue weighted by atomic mass is 19.1. The van der Waals surface area contributed by atoms with Gasteiger partial charge in [0.25, 0.3) is 5.91 Å². The van der Waals surface area contributed by atoms with Crippen LogP contribution in [0.3, 0.4) is 0 Å². The third kappa shape index (κ3) is 4.04. The summed E-state index contributed by atoms with van der Waals surface area (Å²) in [7, 11) is 0. The molecule has 1 aromatic carbocycles. The summed E-state index contributed by atoms with van der Waals surface area (Å²) >= 11 is 0. The quantitative estimate of drug-likeness (QED) is 0.505. The molecule has 166 valence electrons. The number of H-pyrrole nitrogens is 1. The molecule has 0 bridgehead atoms. The predicted octanol–water partition coefficient (Wildman–Crippen LogP) is 2.78. The van der Waals surface area contributed by atoms with Gasteiger partial charge in [0.05, 0.1) is 11.1 Å². The number of hydrogen-bond donors (Lipinski definition) is 3. The Labute approximate surface area is 183 Å². The molecule has 2 heterocycles.